The van der Waals surface area contributed by atoms with E-state index in [2.05, 4.69) is 76.3 Å². The minimum atomic E-state index is 0. The Kier molecular flexibility index (Phi) is 8.95. The lowest BCUT2D eigenvalue weighted by Gasteiger charge is -2.18. The molecule has 0 bridgehead atoms. The molecule has 0 nitrogen and oxygen atoms in total. The van der Waals surface area contributed by atoms with Crippen molar-refractivity contribution in [2.24, 2.45) is 5.92 Å². The normalized spacial score (nSPS) is 21.4. The van der Waals surface area contributed by atoms with Gasteiger partial charge in [0.1, 0.15) is 0 Å². The fourth-order valence-electron chi connectivity index (χ4n) is 2.15. The van der Waals surface area contributed by atoms with E-state index in [1.54, 1.807) is 0 Å². The molecule has 2 unspecified atom stereocenters. The first-order valence-electron chi connectivity index (χ1n) is 7.08. The zero-order valence-electron chi connectivity index (χ0n) is 12.2. The van der Waals surface area contributed by atoms with E-state index in [0.29, 0.717) is 11.8 Å². The summed E-state index contributed by atoms with van der Waals surface area (Å²) in [4.78, 5) is 0. The predicted molar refractivity (Wildman–Crippen MR) is 88.6 cm³/mol. The Labute approximate surface area is 120 Å². The zero-order valence-corrected chi connectivity index (χ0v) is 12.2. The third-order valence-electron chi connectivity index (χ3n) is 3.18. The van der Waals surface area contributed by atoms with Crippen molar-refractivity contribution in [3.8, 4) is 0 Å². The van der Waals surface area contributed by atoms with E-state index in [9.17, 15) is 0 Å². The van der Waals surface area contributed by atoms with Gasteiger partial charge in [0, 0.05) is 5.92 Å². The highest BCUT2D eigenvalue weighted by molar-refractivity contribution is 5.30. The molecule has 0 spiro atoms. The van der Waals surface area contributed by atoms with Crippen molar-refractivity contribution in [2.45, 2.75) is 53.9 Å². The van der Waals surface area contributed by atoms with E-state index < -0.39 is 0 Å². The summed E-state index contributed by atoms with van der Waals surface area (Å²) in [6.07, 6.45) is 9.36. The predicted octanol–water partition coefficient (Wildman–Crippen LogP) is 6.36. The SMILES string of the molecule is C.CC1=CCC(C)C(c2ccccc2)C=C1.CCC. The van der Waals surface area contributed by atoms with Crippen molar-refractivity contribution in [1.29, 1.82) is 0 Å². The molecule has 0 amide bonds. The van der Waals surface area contributed by atoms with Gasteiger partial charge < -0.3 is 0 Å². The van der Waals surface area contributed by atoms with E-state index in [1.807, 2.05) is 0 Å². The van der Waals surface area contributed by atoms with Crippen LogP contribution < -0.4 is 0 Å². The van der Waals surface area contributed by atoms with Gasteiger partial charge in [0.15, 0.2) is 0 Å². The molecule has 1 aliphatic carbocycles. The molecule has 0 heterocycles. The molecule has 2 rings (SSSR count). The average Bonchev–Trinajstić information content (AvgIpc) is 2.54. The fourth-order valence-corrected chi connectivity index (χ4v) is 2.15. The van der Waals surface area contributed by atoms with Gasteiger partial charge in [-0.2, -0.15) is 0 Å². The highest BCUT2D eigenvalue weighted by Gasteiger charge is 2.16. The molecule has 1 aliphatic rings. The van der Waals surface area contributed by atoms with E-state index in [1.165, 1.54) is 24.0 Å². The van der Waals surface area contributed by atoms with Crippen molar-refractivity contribution in [3.05, 3.63) is 59.7 Å². The van der Waals surface area contributed by atoms with Gasteiger partial charge >= 0.3 is 0 Å². The van der Waals surface area contributed by atoms with Gasteiger partial charge in [0.25, 0.3) is 0 Å². The van der Waals surface area contributed by atoms with E-state index >= 15 is 0 Å². The first-order chi connectivity index (χ1) is 8.69. The largest absolute Gasteiger partial charge is 0.0813 e. The molecule has 0 aliphatic heterocycles. The van der Waals surface area contributed by atoms with Crippen LogP contribution in [0.3, 0.4) is 0 Å². The van der Waals surface area contributed by atoms with E-state index in [4.69, 9.17) is 0 Å². The van der Waals surface area contributed by atoms with Crippen LogP contribution in [0.4, 0.5) is 0 Å². The molecule has 1 aromatic rings. The lowest BCUT2D eigenvalue weighted by molar-refractivity contribution is 0.534. The molecule has 106 valence electrons. The molecule has 0 heteroatoms. The Balaban J connectivity index is 0.000000742. The second kappa shape index (κ2) is 9.61. The topological polar surface area (TPSA) is 0 Å². The lowest BCUT2D eigenvalue weighted by Crippen LogP contribution is -2.05. The van der Waals surface area contributed by atoms with Crippen LogP contribution in [0.2, 0.25) is 0 Å². The van der Waals surface area contributed by atoms with Gasteiger partial charge in [0.2, 0.25) is 0 Å². The molecule has 0 saturated carbocycles. The number of allylic oxidation sites excluding steroid dienone is 4. The maximum absolute atomic E-state index is 2.35. The average molecular weight is 258 g/mol. The van der Waals surface area contributed by atoms with Crippen LogP contribution in [-0.4, -0.2) is 0 Å². The van der Waals surface area contributed by atoms with Crippen molar-refractivity contribution in [2.75, 3.05) is 0 Å². The van der Waals surface area contributed by atoms with Crippen LogP contribution in [0.5, 0.6) is 0 Å². The second-order valence-corrected chi connectivity index (χ2v) is 5.16. The Hall–Kier alpha value is -1.30. The first kappa shape index (κ1) is 17.7. The van der Waals surface area contributed by atoms with Gasteiger partial charge in [-0.25, -0.2) is 0 Å². The third kappa shape index (κ3) is 5.92. The van der Waals surface area contributed by atoms with Gasteiger partial charge in [-0.1, -0.05) is 88.8 Å². The molecule has 0 N–H and O–H groups in total. The number of hydrogen-bond donors (Lipinski definition) is 0. The first-order valence-corrected chi connectivity index (χ1v) is 7.08. The second-order valence-electron chi connectivity index (χ2n) is 5.16. The minimum absolute atomic E-state index is 0. The van der Waals surface area contributed by atoms with Gasteiger partial charge in [-0.05, 0) is 24.8 Å². The molecule has 2 atom stereocenters. The lowest BCUT2D eigenvalue weighted by atomic mass is 9.86. The van der Waals surface area contributed by atoms with Crippen LogP contribution in [0.1, 0.15) is 59.4 Å². The Morgan fingerprint density at radius 2 is 1.68 bits per heavy atom. The molecule has 0 aromatic heterocycles. The molecular weight excluding hydrogens is 228 g/mol. The molecule has 0 saturated heterocycles. The number of benzene rings is 1. The molecule has 0 fully saturated rings. The van der Waals surface area contributed by atoms with E-state index in [0.717, 1.165) is 0 Å². The van der Waals surface area contributed by atoms with Crippen LogP contribution in [0, 0.1) is 5.92 Å². The number of rotatable bonds is 1. The Morgan fingerprint density at radius 1 is 1.11 bits per heavy atom. The van der Waals surface area contributed by atoms with Crippen molar-refractivity contribution < 1.29 is 0 Å². The summed E-state index contributed by atoms with van der Waals surface area (Å²) >= 11 is 0. The van der Waals surface area contributed by atoms with Gasteiger partial charge in [0.05, 0.1) is 0 Å². The summed E-state index contributed by atoms with van der Waals surface area (Å²) < 4.78 is 0. The summed E-state index contributed by atoms with van der Waals surface area (Å²) in [7, 11) is 0. The quantitative estimate of drug-likeness (QED) is 0.549. The fraction of sp³-hybridized carbons (Fsp3) is 0.474. The van der Waals surface area contributed by atoms with Crippen molar-refractivity contribution in [3.63, 3.8) is 0 Å². The highest BCUT2D eigenvalue weighted by Crippen LogP contribution is 2.31. The smallest absolute Gasteiger partial charge is 0.00497 e. The summed E-state index contributed by atoms with van der Waals surface area (Å²) in [5, 5.41) is 0. The highest BCUT2D eigenvalue weighted by atomic mass is 14.2. The monoisotopic (exact) mass is 258 g/mol. The maximum atomic E-state index is 2.35. The van der Waals surface area contributed by atoms with Gasteiger partial charge in [-0.15, -0.1) is 0 Å². The summed E-state index contributed by atoms with van der Waals surface area (Å²) in [5.41, 5.74) is 2.82. The molecular formula is C19H30. The minimum Gasteiger partial charge on any atom is -0.0813 e. The summed E-state index contributed by atoms with van der Waals surface area (Å²) in [6.45, 7) is 8.76. The Bertz CT molecular complexity index is 384. The molecule has 1 aromatic carbocycles. The summed E-state index contributed by atoms with van der Waals surface area (Å²) in [5.74, 6) is 1.26. The summed E-state index contributed by atoms with van der Waals surface area (Å²) in [6, 6.07) is 10.8. The van der Waals surface area contributed by atoms with Gasteiger partial charge in [-0.3, -0.25) is 0 Å². The van der Waals surface area contributed by atoms with E-state index in [-0.39, 0.29) is 7.43 Å². The van der Waals surface area contributed by atoms with Crippen LogP contribution in [0.25, 0.3) is 0 Å². The zero-order chi connectivity index (χ0) is 13.4. The van der Waals surface area contributed by atoms with Crippen LogP contribution >= 0.6 is 0 Å². The Morgan fingerprint density at radius 3 is 2.26 bits per heavy atom. The molecule has 0 radical (unpaired) electrons. The standard InChI is InChI=1S/C15H18.C3H8.CH4/c1-12-8-10-13(2)15(11-9-12)14-6-4-3-5-7-14;1-3-2;/h3-9,11,13,15H,10H2,1-2H3;3H2,1-2H3;1H4. The third-order valence-corrected chi connectivity index (χ3v) is 3.18. The number of hydrogen-bond acceptors (Lipinski definition) is 0. The van der Waals surface area contributed by atoms with Crippen molar-refractivity contribution in [1.82, 2.24) is 0 Å². The van der Waals surface area contributed by atoms with Crippen molar-refractivity contribution >= 4 is 0 Å². The molecule has 19 heavy (non-hydrogen) atoms. The van der Waals surface area contributed by atoms with Crippen LogP contribution in [0.15, 0.2) is 54.1 Å². The van der Waals surface area contributed by atoms with Crippen LogP contribution in [-0.2, 0) is 0 Å². The maximum Gasteiger partial charge on any atom is 0.00497 e.